The highest BCUT2D eigenvalue weighted by atomic mass is 16.2. The Labute approximate surface area is 160 Å². The molecule has 2 atom stereocenters. The van der Waals surface area contributed by atoms with Crippen LogP contribution in [0.25, 0.3) is 0 Å². The van der Waals surface area contributed by atoms with Gasteiger partial charge < -0.3 is 10.6 Å². The minimum absolute atomic E-state index is 0.0217. The highest BCUT2D eigenvalue weighted by molar-refractivity contribution is 6.25. The average Bonchev–Trinajstić information content (AvgIpc) is 3.15. The Morgan fingerprint density at radius 1 is 1.21 bits per heavy atom. The zero-order valence-electron chi connectivity index (χ0n) is 15.3. The molecule has 1 saturated heterocycles. The molecule has 0 spiro atoms. The number of fused-ring (bicyclic) bond motifs is 1. The van der Waals surface area contributed by atoms with Crippen LogP contribution in [0.15, 0.2) is 40.2 Å². The molecule has 1 fully saturated rings. The molecule has 0 radical (unpaired) electrons. The van der Waals surface area contributed by atoms with Crippen LogP contribution in [0.4, 0.5) is 5.69 Å². The first-order valence-electron chi connectivity index (χ1n) is 9.11. The van der Waals surface area contributed by atoms with Crippen molar-refractivity contribution < 1.29 is 19.2 Å². The molecule has 0 saturated carbocycles. The number of carbonyl (C=O) groups is 4. The van der Waals surface area contributed by atoms with E-state index in [2.05, 4.69) is 20.9 Å². The molecular weight excluding hydrogens is 362 g/mol. The predicted molar refractivity (Wildman–Crippen MR) is 98.9 cm³/mol. The summed E-state index contributed by atoms with van der Waals surface area (Å²) < 4.78 is 0. The normalized spacial score (nSPS) is 24.2. The van der Waals surface area contributed by atoms with Crippen LogP contribution in [0.5, 0.6) is 0 Å². The fraction of sp³-hybridized carbons (Fsp3) is 0.368. The molecule has 1 aromatic carbocycles. The highest BCUT2D eigenvalue weighted by Gasteiger charge is 2.44. The molecule has 1 aromatic rings. The van der Waals surface area contributed by atoms with E-state index in [-0.39, 0.29) is 42.3 Å². The van der Waals surface area contributed by atoms with Crippen LogP contribution in [-0.4, -0.2) is 53.6 Å². The first-order valence-corrected chi connectivity index (χ1v) is 9.11. The van der Waals surface area contributed by atoms with Gasteiger partial charge in [-0.3, -0.25) is 24.1 Å². The third kappa shape index (κ3) is 3.08. The number of nitrogens with zero attached hydrogens (tertiary/aromatic N) is 3. The van der Waals surface area contributed by atoms with E-state index in [0.29, 0.717) is 12.2 Å². The Hall–Kier alpha value is -3.36. The molecule has 0 aliphatic carbocycles. The van der Waals surface area contributed by atoms with E-state index in [1.807, 2.05) is 13.0 Å². The number of imide groups is 1. The van der Waals surface area contributed by atoms with E-state index >= 15 is 0 Å². The first kappa shape index (κ1) is 18.0. The van der Waals surface area contributed by atoms with Crippen molar-refractivity contribution in [2.45, 2.75) is 31.8 Å². The van der Waals surface area contributed by atoms with Gasteiger partial charge in [0.1, 0.15) is 6.04 Å². The van der Waals surface area contributed by atoms with Crippen LogP contribution in [0.3, 0.4) is 0 Å². The van der Waals surface area contributed by atoms with Gasteiger partial charge in [-0.2, -0.15) is 10.2 Å². The lowest BCUT2D eigenvalue weighted by Gasteiger charge is -2.23. The number of carbonyl (C=O) groups excluding carboxylic acids is 4. The summed E-state index contributed by atoms with van der Waals surface area (Å²) in [6.45, 7) is 2.21. The van der Waals surface area contributed by atoms with Crippen LogP contribution < -0.4 is 10.6 Å². The first-order chi connectivity index (χ1) is 13.5. The number of anilines is 1. The molecule has 3 amide bonds. The second-order valence-corrected chi connectivity index (χ2v) is 6.99. The maximum atomic E-state index is 13.1. The van der Waals surface area contributed by atoms with Crippen molar-refractivity contribution in [3.05, 3.63) is 41.1 Å². The number of rotatable bonds is 4. The van der Waals surface area contributed by atoms with Gasteiger partial charge in [-0.1, -0.05) is 6.07 Å². The summed E-state index contributed by atoms with van der Waals surface area (Å²) in [5.74, 6) is -1.66. The lowest BCUT2D eigenvalue weighted by molar-refractivity contribution is -0.125. The standard InChI is InChI=1S/C19H19N5O4/c1-10-7-11(23-22-10)8-20-14-4-2-3-13-16(14)19(28)24(18(13)27)15-6-5-12(25)9-21-17(15)26/h2-4,7,10,15,20H,5-6,8-9H2,1H3,(H,21,26). The summed E-state index contributed by atoms with van der Waals surface area (Å²) in [4.78, 5) is 50.9. The lowest BCUT2D eigenvalue weighted by Crippen LogP contribution is -2.48. The maximum absolute atomic E-state index is 13.1. The van der Waals surface area contributed by atoms with Crippen LogP contribution >= 0.6 is 0 Å². The summed E-state index contributed by atoms with van der Waals surface area (Å²) in [6.07, 6.45) is 2.17. The van der Waals surface area contributed by atoms with Gasteiger partial charge >= 0.3 is 0 Å². The fourth-order valence-corrected chi connectivity index (χ4v) is 3.59. The summed E-state index contributed by atoms with van der Waals surface area (Å²) in [5, 5.41) is 13.7. The zero-order chi connectivity index (χ0) is 19.8. The van der Waals surface area contributed by atoms with E-state index in [0.717, 1.165) is 10.6 Å². The van der Waals surface area contributed by atoms with Crippen molar-refractivity contribution in [3.8, 4) is 0 Å². The Bertz CT molecular complexity index is 952. The van der Waals surface area contributed by atoms with Crippen LogP contribution in [-0.2, 0) is 9.59 Å². The quantitative estimate of drug-likeness (QED) is 0.761. The van der Waals surface area contributed by atoms with Crippen LogP contribution in [0.1, 0.15) is 40.5 Å². The summed E-state index contributed by atoms with van der Waals surface area (Å²) in [6, 6.07) is 3.99. The fourth-order valence-electron chi connectivity index (χ4n) is 3.59. The van der Waals surface area contributed by atoms with Gasteiger partial charge in [-0.05, 0) is 31.6 Å². The summed E-state index contributed by atoms with van der Waals surface area (Å²) >= 11 is 0. The number of ketones is 1. The van der Waals surface area contributed by atoms with Gasteiger partial charge in [0, 0.05) is 12.1 Å². The molecule has 9 nitrogen and oxygen atoms in total. The number of hydrogen-bond donors (Lipinski definition) is 2. The Balaban J connectivity index is 1.60. The minimum atomic E-state index is -0.987. The molecular formula is C19H19N5O4. The molecule has 0 bridgehead atoms. The van der Waals surface area contributed by atoms with Crippen LogP contribution in [0.2, 0.25) is 0 Å². The summed E-state index contributed by atoms with van der Waals surface area (Å²) in [5.41, 5.74) is 1.73. The van der Waals surface area contributed by atoms with Gasteiger partial charge in [0.25, 0.3) is 11.8 Å². The largest absolute Gasteiger partial charge is 0.379 e. The van der Waals surface area contributed by atoms with Crippen molar-refractivity contribution in [1.29, 1.82) is 0 Å². The molecule has 3 aliphatic rings. The number of benzene rings is 1. The second-order valence-electron chi connectivity index (χ2n) is 6.99. The van der Waals surface area contributed by atoms with Crippen molar-refractivity contribution in [2.75, 3.05) is 18.4 Å². The smallest absolute Gasteiger partial charge is 0.264 e. The molecule has 9 heteroatoms. The number of Topliss-reactive ketones (excluding diaryl/α,β-unsaturated/α-hetero) is 1. The molecule has 0 aromatic heterocycles. The number of azo groups is 1. The molecule has 2 N–H and O–H groups in total. The van der Waals surface area contributed by atoms with E-state index in [4.69, 9.17) is 0 Å². The molecule has 2 unspecified atom stereocenters. The van der Waals surface area contributed by atoms with E-state index in [9.17, 15) is 19.2 Å². The molecule has 3 aliphatic heterocycles. The topological polar surface area (TPSA) is 120 Å². The third-order valence-corrected chi connectivity index (χ3v) is 4.98. The number of amides is 3. The molecule has 28 heavy (non-hydrogen) atoms. The monoisotopic (exact) mass is 381 g/mol. The van der Waals surface area contributed by atoms with Crippen molar-refractivity contribution >= 4 is 29.2 Å². The molecule has 144 valence electrons. The Kier molecular flexibility index (Phi) is 4.50. The second kappa shape index (κ2) is 6.99. The van der Waals surface area contributed by atoms with Gasteiger partial charge in [0.15, 0.2) is 5.78 Å². The predicted octanol–water partition coefficient (Wildman–Crippen LogP) is 1.28. The number of hydrogen-bond acceptors (Lipinski definition) is 7. The zero-order valence-corrected chi connectivity index (χ0v) is 15.3. The SMILES string of the molecule is CC1C=C(CNc2cccc3c2C(=O)N(C2CCC(=O)CNC2=O)C3=O)N=N1. The van der Waals surface area contributed by atoms with Gasteiger partial charge in [-0.25, -0.2) is 0 Å². The highest BCUT2D eigenvalue weighted by Crippen LogP contribution is 2.32. The maximum Gasteiger partial charge on any atom is 0.264 e. The Morgan fingerprint density at radius 3 is 2.79 bits per heavy atom. The number of nitrogens with one attached hydrogen (secondary N) is 2. The van der Waals surface area contributed by atoms with E-state index in [1.54, 1.807) is 18.2 Å². The molecule has 3 heterocycles. The van der Waals surface area contributed by atoms with Gasteiger partial charge in [0.2, 0.25) is 5.91 Å². The van der Waals surface area contributed by atoms with Gasteiger partial charge in [0.05, 0.1) is 36.0 Å². The average molecular weight is 381 g/mol. The minimum Gasteiger partial charge on any atom is -0.379 e. The van der Waals surface area contributed by atoms with E-state index < -0.39 is 23.8 Å². The summed E-state index contributed by atoms with van der Waals surface area (Å²) in [7, 11) is 0. The van der Waals surface area contributed by atoms with Crippen LogP contribution in [0, 0.1) is 0 Å². The van der Waals surface area contributed by atoms with Gasteiger partial charge in [-0.15, -0.1) is 0 Å². The lowest BCUT2D eigenvalue weighted by atomic mass is 10.1. The van der Waals surface area contributed by atoms with Crippen molar-refractivity contribution in [2.24, 2.45) is 10.2 Å². The van der Waals surface area contributed by atoms with Crippen molar-refractivity contribution in [3.63, 3.8) is 0 Å². The Morgan fingerprint density at radius 2 is 2.04 bits per heavy atom. The third-order valence-electron chi connectivity index (χ3n) is 4.98. The molecule has 4 rings (SSSR count). The van der Waals surface area contributed by atoms with E-state index in [1.165, 1.54) is 0 Å². The van der Waals surface area contributed by atoms with Crippen molar-refractivity contribution in [1.82, 2.24) is 10.2 Å².